The molecule has 0 aliphatic carbocycles. The van der Waals surface area contributed by atoms with Crippen molar-refractivity contribution in [2.45, 2.75) is 12.5 Å². The van der Waals surface area contributed by atoms with E-state index in [9.17, 15) is 5.11 Å². The zero-order chi connectivity index (χ0) is 14.7. The van der Waals surface area contributed by atoms with Crippen molar-refractivity contribution in [2.75, 3.05) is 7.11 Å². The fourth-order valence-corrected chi connectivity index (χ4v) is 2.39. The average molecular weight is 280 g/mol. The van der Waals surface area contributed by atoms with E-state index in [0.29, 0.717) is 6.42 Å². The molecule has 0 amide bonds. The number of aliphatic hydroxyl groups excluding tert-OH is 1. The number of hydrogen-bond acceptors (Lipinski definition) is 4. The third kappa shape index (κ3) is 2.85. The standard InChI is InChI=1S/C17H16N2O2/c1-21-17-5-3-2-4-13(17)11-16(20)12-6-7-14-15(10-12)19-9-8-18-14/h2-10,16,20H,11H2,1H3. The predicted molar refractivity (Wildman–Crippen MR) is 81.2 cm³/mol. The highest BCUT2D eigenvalue weighted by Gasteiger charge is 2.12. The van der Waals surface area contributed by atoms with Crippen molar-refractivity contribution in [1.82, 2.24) is 9.97 Å². The largest absolute Gasteiger partial charge is 0.496 e. The lowest BCUT2D eigenvalue weighted by molar-refractivity contribution is 0.177. The van der Waals surface area contributed by atoms with Gasteiger partial charge in [0.05, 0.1) is 24.2 Å². The molecule has 0 saturated carbocycles. The Morgan fingerprint density at radius 3 is 2.62 bits per heavy atom. The zero-order valence-corrected chi connectivity index (χ0v) is 11.7. The first-order valence-corrected chi connectivity index (χ1v) is 6.78. The van der Waals surface area contributed by atoms with E-state index in [0.717, 1.165) is 27.9 Å². The van der Waals surface area contributed by atoms with Gasteiger partial charge < -0.3 is 9.84 Å². The van der Waals surface area contributed by atoms with Crippen LogP contribution in [-0.4, -0.2) is 22.2 Å². The van der Waals surface area contributed by atoms with E-state index >= 15 is 0 Å². The highest BCUT2D eigenvalue weighted by molar-refractivity contribution is 5.74. The van der Waals surface area contributed by atoms with Crippen LogP contribution in [-0.2, 0) is 6.42 Å². The van der Waals surface area contributed by atoms with Crippen molar-refractivity contribution in [3.63, 3.8) is 0 Å². The predicted octanol–water partition coefficient (Wildman–Crippen LogP) is 2.91. The molecule has 4 nitrogen and oxygen atoms in total. The minimum Gasteiger partial charge on any atom is -0.496 e. The van der Waals surface area contributed by atoms with Crippen LogP contribution >= 0.6 is 0 Å². The minimum atomic E-state index is -0.604. The molecule has 106 valence electrons. The van der Waals surface area contributed by atoms with Crippen LogP contribution in [0.25, 0.3) is 11.0 Å². The Labute approximate surface area is 123 Å². The Morgan fingerprint density at radius 1 is 1.05 bits per heavy atom. The molecule has 3 aromatic rings. The summed E-state index contributed by atoms with van der Waals surface area (Å²) >= 11 is 0. The smallest absolute Gasteiger partial charge is 0.122 e. The van der Waals surface area contributed by atoms with E-state index in [1.165, 1.54) is 0 Å². The van der Waals surface area contributed by atoms with Crippen LogP contribution in [0.15, 0.2) is 54.9 Å². The van der Waals surface area contributed by atoms with Crippen molar-refractivity contribution in [3.05, 3.63) is 66.0 Å². The van der Waals surface area contributed by atoms with Gasteiger partial charge in [-0.2, -0.15) is 0 Å². The van der Waals surface area contributed by atoms with Gasteiger partial charge in [-0.25, -0.2) is 0 Å². The molecule has 0 radical (unpaired) electrons. The normalized spacial score (nSPS) is 12.3. The van der Waals surface area contributed by atoms with Gasteiger partial charge in [-0.1, -0.05) is 24.3 Å². The van der Waals surface area contributed by atoms with Crippen molar-refractivity contribution in [3.8, 4) is 5.75 Å². The number of aromatic nitrogens is 2. The third-order valence-corrected chi connectivity index (χ3v) is 3.48. The van der Waals surface area contributed by atoms with Crippen LogP contribution in [0.3, 0.4) is 0 Å². The van der Waals surface area contributed by atoms with Crippen molar-refractivity contribution < 1.29 is 9.84 Å². The van der Waals surface area contributed by atoms with E-state index < -0.39 is 6.10 Å². The van der Waals surface area contributed by atoms with E-state index in [1.54, 1.807) is 19.5 Å². The molecule has 4 heteroatoms. The fraction of sp³-hybridized carbons (Fsp3) is 0.176. The highest BCUT2D eigenvalue weighted by Crippen LogP contribution is 2.26. The van der Waals surface area contributed by atoms with Gasteiger partial charge in [0.25, 0.3) is 0 Å². The molecular formula is C17H16N2O2. The second-order valence-corrected chi connectivity index (χ2v) is 4.84. The summed E-state index contributed by atoms with van der Waals surface area (Å²) in [7, 11) is 1.64. The lowest BCUT2D eigenvalue weighted by Crippen LogP contribution is -2.03. The molecule has 0 spiro atoms. The summed E-state index contributed by atoms with van der Waals surface area (Å²) in [6, 6.07) is 13.4. The van der Waals surface area contributed by atoms with Crippen LogP contribution in [0.1, 0.15) is 17.2 Å². The number of hydrogen-bond donors (Lipinski definition) is 1. The Hall–Kier alpha value is -2.46. The van der Waals surface area contributed by atoms with Crippen molar-refractivity contribution in [2.24, 2.45) is 0 Å². The molecule has 0 bridgehead atoms. The monoisotopic (exact) mass is 280 g/mol. The molecule has 0 saturated heterocycles. The Bertz CT molecular complexity index is 758. The van der Waals surface area contributed by atoms with Gasteiger partial charge in [-0.3, -0.25) is 9.97 Å². The number of methoxy groups -OCH3 is 1. The number of nitrogens with zero attached hydrogens (tertiary/aromatic N) is 2. The van der Waals surface area contributed by atoms with Crippen LogP contribution in [0.4, 0.5) is 0 Å². The van der Waals surface area contributed by atoms with Gasteiger partial charge in [0.15, 0.2) is 0 Å². The molecule has 1 heterocycles. The van der Waals surface area contributed by atoms with Gasteiger partial charge in [0.1, 0.15) is 5.75 Å². The number of rotatable bonds is 4. The SMILES string of the molecule is COc1ccccc1CC(O)c1ccc2nccnc2c1. The average Bonchev–Trinajstić information content (AvgIpc) is 2.55. The second-order valence-electron chi connectivity index (χ2n) is 4.84. The number of fused-ring (bicyclic) bond motifs is 1. The number of benzene rings is 2. The Balaban J connectivity index is 1.88. The molecule has 0 fully saturated rings. The van der Waals surface area contributed by atoms with E-state index in [-0.39, 0.29) is 0 Å². The summed E-state index contributed by atoms with van der Waals surface area (Å²) in [6.07, 6.45) is 3.20. The Morgan fingerprint density at radius 2 is 1.81 bits per heavy atom. The summed E-state index contributed by atoms with van der Waals surface area (Å²) in [5, 5.41) is 10.4. The van der Waals surface area contributed by atoms with Crippen LogP contribution in [0.5, 0.6) is 5.75 Å². The molecule has 1 N–H and O–H groups in total. The molecule has 0 aliphatic rings. The molecule has 21 heavy (non-hydrogen) atoms. The van der Waals surface area contributed by atoms with E-state index in [1.807, 2.05) is 42.5 Å². The van der Waals surface area contributed by atoms with Crippen molar-refractivity contribution in [1.29, 1.82) is 0 Å². The molecule has 1 aromatic heterocycles. The summed E-state index contributed by atoms with van der Waals surface area (Å²) < 4.78 is 5.32. The summed E-state index contributed by atoms with van der Waals surface area (Å²) in [5.74, 6) is 0.789. The number of para-hydroxylation sites is 1. The van der Waals surface area contributed by atoms with E-state index in [2.05, 4.69) is 9.97 Å². The van der Waals surface area contributed by atoms with Gasteiger partial charge in [0, 0.05) is 18.8 Å². The quantitative estimate of drug-likeness (QED) is 0.798. The van der Waals surface area contributed by atoms with Crippen LogP contribution < -0.4 is 4.74 Å². The van der Waals surface area contributed by atoms with Gasteiger partial charge >= 0.3 is 0 Å². The summed E-state index contributed by atoms with van der Waals surface area (Å²) in [5.41, 5.74) is 3.42. The first-order valence-electron chi connectivity index (χ1n) is 6.78. The maximum absolute atomic E-state index is 10.4. The molecule has 3 rings (SSSR count). The van der Waals surface area contributed by atoms with Crippen molar-refractivity contribution >= 4 is 11.0 Å². The molecule has 1 unspecified atom stereocenters. The van der Waals surface area contributed by atoms with E-state index in [4.69, 9.17) is 4.74 Å². The molecule has 0 aliphatic heterocycles. The minimum absolute atomic E-state index is 0.496. The third-order valence-electron chi connectivity index (χ3n) is 3.48. The molecule has 1 atom stereocenters. The zero-order valence-electron chi connectivity index (χ0n) is 11.7. The fourth-order valence-electron chi connectivity index (χ4n) is 2.39. The molecular weight excluding hydrogens is 264 g/mol. The highest BCUT2D eigenvalue weighted by atomic mass is 16.5. The first-order chi connectivity index (χ1) is 10.3. The van der Waals surface area contributed by atoms with Gasteiger partial charge in [-0.15, -0.1) is 0 Å². The first kappa shape index (κ1) is 13.5. The second kappa shape index (κ2) is 5.89. The maximum Gasteiger partial charge on any atom is 0.122 e. The van der Waals surface area contributed by atoms with Crippen LogP contribution in [0, 0.1) is 0 Å². The number of ether oxygens (including phenoxy) is 1. The Kier molecular flexibility index (Phi) is 3.79. The lowest BCUT2D eigenvalue weighted by Gasteiger charge is -2.14. The topological polar surface area (TPSA) is 55.2 Å². The van der Waals surface area contributed by atoms with Gasteiger partial charge in [-0.05, 0) is 29.3 Å². The van der Waals surface area contributed by atoms with Gasteiger partial charge in [0.2, 0.25) is 0 Å². The summed E-state index contributed by atoms with van der Waals surface area (Å²) in [6.45, 7) is 0. The van der Waals surface area contributed by atoms with Crippen LogP contribution in [0.2, 0.25) is 0 Å². The maximum atomic E-state index is 10.4. The summed E-state index contributed by atoms with van der Waals surface area (Å²) in [4.78, 5) is 8.50. The molecule has 2 aromatic carbocycles. The lowest BCUT2D eigenvalue weighted by atomic mass is 10.0. The number of aliphatic hydroxyl groups is 1.